The van der Waals surface area contributed by atoms with Crippen LogP contribution in [0.25, 0.3) is 0 Å². The Hall–Kier alpha value is -1.38. The summed E-state index contributed by atoms with van der Waals surface area (Å²) in [6.45, 7) is 9.23. The van der Waals surface area contributed by atoms with Crippen LogP contribution >= 0.6 is 0 Å². The molecule has 0 fully saturated rings. The summed E-state index contributed by atoms with van der Waals surface area (Å²) in [6.07, 6.45) is 11.6. The molecule has 0 aliphatic heterocycles. The molecule has 0 rings (SSSR count). The van der Waals surface area contributed by atoms with Gasteiger partial charge in [0.15, 0.2) is 0 Å². The molecule has 0 unspecified atom stereocenters. The molecule has 0 aliphatic rings. The molecular formula is C31H60O12. The van der Waals surface area contributed by atoms with E-state index in [0.717, 1.165) is 12.8 Å². The number of carbonyl (C=O) groups excluding carboxylic acids is 2. The van der Waals surface area contributed by atoms with Gasteiger partial charge in [-0.1, -0.05) is 58.3 Å². The lowest BCUT2D eigenvalue weighted by Gasteiger charge is -2.09. The van der Waals surface area contributed by atoms with Crippen LogP contribution in [-0.4, -0.2) is 131 Å². The molecule has 0 heterocycles. The Labute approximate surface area is 259 Å². The number of ether oxygens (including phenoxy) is 10. The Kier molecular flexibility index (Phi) is 35.6. The van der Waals surface area contributed by atoms with Crippen molar-refractivity contribution in [1.29, 1.82) is 0 Å². The zero-order chi connectivity index (χ0) is 31.3. The molecular weight excluding hydrogens is 564 g/mol. The molecule has 0 N–H and O–H groups in total. The van der Waals surface area contributed by atoms with Crippen LogP contribution in [0.4, 0.5) is 0 Å². The van der Waals surface area contributed by atoms with E-state index in [-0.39, 0.29) is 19.2 Å². The normalized spacial score (nSPS) is 11.2. The van der Waals surface area contributed by atoms with Crippen LogP contribution in [0, 0.1) is 0 Å². The van der Waals surface area contributed by atoms with E-state index in [1.165, 1.54) is 52.1 Å². The molecule has 0 saturated carbocycles. The highest BCUT2D eigenvalue weighted by Gasteiger charge is 2.03. The van der Waals surface area contributed by atoms with Gasteiger partial charge < -0.3 is 47.4 Å². The van der Waals surface area contributed by atoms with Crippen molar-refractivity contribution >= 4 is 11.9 Å². The maximum Gasteiger partial charge on any atom is 0.331 e. The van der Waals surface area contributed by atoms with Crippen LogP contribution in [-0.2, 0) is 57.0 Å². The highest BCUT2D eigenvalue weighted by Crippen LogP contribution is 2.10. The average molecular weight is 625 g/mol. The lowest BCUT2D eigenvalue weighted by molar-refractivity contribution is -0.146. The van der Waals surface area contributed by atoms with E-state index in [0.29, 0.717) is 106 Å². The van der Waals surface area contributed by atoms with Crippen LogP contribution in [0.5, 0.6) is 0 Å². The quantitative estimate of drug-likeness (QED) is 0.0744. The first-order valence-electron chi connectivity index (χ1n) is 16.0. The van der Waals surface area contributed by atoms with Gasteiger partial charge >= 0.3 is 11.9 Å². The van der Waals surface area contributed by atoms with Gasteiger partial charge in [0.25, 0.3) is 0 Å². The van der Waals surface area contributed by atoms with Crippen LogP contribution in [0.1, 0.15) is 71.1 Å². The highest BCUT2D eigenvalue weighted by atomic mass is 16.6. The highest BCUT2D eigenvalue weighted by molar-refractivity contribution is 5.70. The number of unbranched alkanes of at least 4 members (excludes halogenated alkanes) is 8. The fraction of sp³-hybridized carbons (Fsp3) is 0.935. The molecule has 0 bridgehead atoms. The van der Waals surface area contributed by atoms with Gasteiger partial charge in [-0.05, 0) is 6.42 Å². The summed E-state index contributed by atoms with van der Waals surface area (Å²) in [5, 5.41) is 0. The number of carbonyl (C=O) groups is 2. The molecule has 0 aromatic carbocycles. The lowest BCUT2D eigenvalue weighted by atomic mass is 10.1. The predicted molar refractivity (Wildman–Crippen MR) is 161 cm³/mol. The van der Waals surface area contributed by atoms with Gasteiger partial charge in [0.1, 0.15) is 13.2 Å². The van der Waals surface area contributed by atoms with Crippen molar-refractivity contribution in [2.75, 3.05) is 119 Å². The van der Waals surface area contributed by atoms with E-state index < -0.39 is 5.97 Å². The van der Waals surface area contributed by atoms with Crippen molar-refractivity contribution in [2.24, 2.45) is 0 Å². The number of esters is 2. The second-order valence-electron chi connectivity index (χ2n) is 9.71. The molecule has 0 aromatic rings. The first-order chi connectivity index (χ1) is 21.2. The van der Waals surface area contributed by atoms with Crippen molar-refractivity contribution in [3.05, 3.63) is 0 Å². The zero-order valence-electron chi connectivity index (χ0n) is 27.0. The van der Waals surface area contributed by atoms with Crippen LogP contribution in [0.15, 0.2) is 0 Å². The van der Waals surface area contributed by atoms with E-state index in [4.69, 9.17) is 42.6 Å². The number of hydrogen-bond donors (Lipinski definition) is 0. The Morgan fingerprint density at radius 3 is 1.09 bits per heavy atom. The largest absolute Gasteiger partial charge is 0.467 e. The molecule has 0 spiro atoms. The van der Waals surface area contributed by atoms with Crippen molar-refractivity contribution < 1.29 is 57.0 Å². The molecule has 43 heavy (non-hydrogen) atoms. The Bertz CT molecular complexity index is 579. The molecule has 0 saturated heterocycles. The molecule has 0 radical (unpaired) electrons. The van der Waals surface area contributed by atoms with Gasteiger partial charge in [0, 0.05) is 6.42 Å². The van der Waals surface area contributed by atoms with Crippen molar-refractivity contribution in [1.82, 2.24) is 0 Å². The molecule has 0 amide bonds. The monoisotopic (exact) mass is 624 g/mol. The topological polar surface area (TPSA) is 126 Å². The van der Waals surface area contributed by atoms with Gasteiger partial charge in [-0.3, -0.25) is 4.79 Å². The second-order valence-corrected chi connectivity index (χ2v) is 9.71. The summed E-state index contributed by atoms with van der Waals surface area (Å²) in [4.78, 5) is 22.6. The number of methoxy groups -OCH3 is 1. The third-order valence-electron chi connectivity index (χ3n) is 6.03. The summed E-state index contributed by atoms with van der Waals surface area (Å²) < 4.78 is 52.7. The van der Waals surface area contributed by atoms with Crippen LogP contribution in [0.2, 0.25) is 0 Å². The second kappa shape index (κ2) is 36.8. The Morgan fingerprint density at radius 1 is 0.395 bits per heavy atom. The fourth-order valence-corrected chi connectivity index (χ4v) is 3.62. The minimum atomic E-state index is -0.408. The lowest BCUT2D eigenvalue weighted by Crippen LogP contribution is -2.16. The summed E-state index contributed by atoms with van der Waals surface area (Å²) in [7, 11) is 1.31. The smallest absolute Gasteiger partial charge is 0.331 e. The molecule has 0 aliphatic carbocycles. The third-order valence-corrected chi connectivity index (χ3v) is 6.03. The summed E-state index contributed by atoms with van der Waals surface area (Å²) in [5.74, 6) is -0.548. The van der Waals surface area contributed by atoms with Crippen molar-refractivity contribution in [3.63, 3.8) is 0 Å². The van der Waals surface area contributed by atoms with E-state index in [1.807, 2.05) is 0 Å². The standard InChI is InChI=1S/C31H60O12/c1-3-4-5-6-7-8-9-10-11-12-30(32)43-28-27-41-24-23-39-20-19-37-16-15-35-13-14-36-17-18-38-21-22-40-25-26-42-29-31(33)34-2/h3-29H2,1-2H3. The van der Waals surface area contributed by atoms with Crippen molar-refractivity contribution in [3.8, 4) is 0 Å². The average Bonchev–Trinajstić information content (AvgIpc) is 3.01. The number of hydrogen-bond acceptors (Lipinski definition) is 12. The summed E-state index contributed by atoms with van der Waals surface area (Å²) in [5.41, 5.74) is 0. The van der Waals surface area contributed by atoms with Crippen LogP contribution in [0.3, 0.4) is 0 Å². The Balaban J connectivity index is 3.13. The summed E-state index contributed by atoms with van der Waals surface area (Å²) >= 11 is 0. The third kappa shape index (κ3) is 36.7. The van der Waals surface area contributed by atoms with E-state index in [9.17, 15) is 9.59 Å². The summed E-state index contributed by atoms with van der Waals surface area (Å²) in [6, 6.07) is 0. The van der Waals surface area contributed by atoms with E-state index in [2.05, 4.69) is 11.7 Å². The molecule has 12 nitrogen and oxygen atoms in total. The van der Waals surface area contributed by atoms with Gasteiger partial charge in [0.2, 0.25) is 0 Å². The minimum absolute atomic E-state index is 0.0705. The maximum atomic E-state index is 11.7. The SMILES string of the molecule is CCCCCCCCCCCC(=O)OCCOCCOCCOCCOCCOCCOCCOCCOCC(=O)OC. The number of rotatable bonds is 36. The molecule has 0 aromatic heterocycles. The Morgan fingerprint density at radius 2 is 0.721 bits per heavy atom. The first-order valence-corrected chi connectivity index (χ1v) is 16.0. The maximum absolute atomic E-state index is 11.7. The fourth-order valence-electron chi connectivity index (χ4n) is 3.62. The zero-order valence-corrected chi connectivity index (χ0v) is 27.0. The minimum Gasteiger partial charge on any atom is -0.467 e. The van der Waals surface area contributed by atoms with E-state index >= 15 is 0 Å². The van der Waals surface area contributed by atoms with Gasteiger partial charge in [-0.15, -0.1) is 0 Å². The van der Waals surface area contributed by atoms with Gasteiger partial charge in [-0.25, -0.2) is 4.79 Å². The molecule has 0 atom stereocenters. The molecule has 12 heteroatoms. The first kappa shape index (κ1) is 41.6. The van der Waals surface area contributed by atoms with Crippen LogP contribution < -0.4 is 0 Å². The van der Waals surface area contributed by atoms with Crippen molar-refractivity contribution in [2.45, 2.75) is 71.1 Å². The van der Waals surface area contributed by atoms with Gasteiger partial charge in [-0.2, -0.15) is 0 Å². The van der Waals surface area contributed by atoms with E-state index in [1.54, 1.807) is 0 Å². The molecule has 256 valence electrons. The predicted octanol–water partition coefficient (Wildman–Crippen LogP) is 3.76. The van der Waals surface area contributed by atoms with Gasteiger partial charge in [0.05, 0.1) is 106 Å².